The molecular weight excluding hydrogens is 336 g/mol. The van der Waals surface area contributed by atoms with Gasteiger partial charge >= 0.3 is 5.63 Å². The third-order valence-electron chi connectivity index (χ3n) is 4.35. The van der Waals surface area contributed by atoms with Crippen molar-refractivity contribution in [1.29, 1.82) is 0 Å². The zero-order chi connectivity index (χ0) is 17.6. The first-order valence-corrected chi connectivity index (χ1v) is 8.26. The van der Waals surface area contributed by atoms with Gasteiger partial charge in [0.1, 0.15) is 11.3 Å². The molecule has 0 radical (unpaired) electrons. The van der Waals surface area contributed by atoms with Gasteiger partial charge in [0, 0.05) is 5.39 Å². The van der Waals surface area contributed by atoms with Gasteiger partial charge in [-0.25, -0.2) is 4.79 Å². The molecule has 2 N–H and O–H groups in total. The molecule has 2 aromatic carbocycles. The van der Waals surface area contributed by atoms with Crippen LogP contribution in [0.3, 0.4) is 0 Å². The number of fused-ring (bicyclic) bond motifs is 3. The molecule has 2 heterocycles. The first kappa shape index (κ1) is 15.7. The number of aryl methyl sites for hydroxylation is 1. The van der Waals surface area contributed by atoms with Gasteiger partial charge in [-0.2, -0.15) is 0 Å². The van der Waals surface area contributed by atoms with Crippen molar-refractivity contribution in [3.63, 3.8) is 0 Å². The molecule has 6 heteroatoms. The molecule has 1 aromatic heterocycles. The molecule has 126 valence electrons. The normalized spacial score (nSPS) is 16.1. The lowest BCUT2D eigenvalue weighted by atomic mass is 9.95. The van der Waals surface area contributed by atoms with E-state index in [1.54, 1.807) is 7.11 Å². The van der Waals surface area contributed by atoms with E-state index >= 15 is 0 Å². The molecule has 0 saturated carbocycles. The monoisotopic (exact) mass is 352 g/mol. The van der Waals surface area contributed by atoms with Crippen LogP contribution in [-0.2, 0) is 0 Å². The summed E-state index contributed by atoms with van der Waals surface area (Å²) in [6.07, 6.45) is 0. The first-order chi connectivity index (χ1) is 12.1. The Labute approximate surface area is 149 Å². The lowest BCUT2D eigenvalue weighted by Gasteiger charge is -2.29. The Morgan fingerprint density at radius 2 is 1.92 bits per heavy atom. The van der Waals surface area contributed by atoms with Crippen LogP contribution in [0.5, 0.6) is 5.75 Å². The molecule has 0 amide bonds. The standard InChI is InChI=1S/C19H16N2O3S/c1-10-3-8-14-13(9-10)17-15(18(22)24-14)16(20-19(25)21-17)11-4-6-12(23-2)7-5-11/h3-9,16H,1-2H3,(H2,20,21,25). The summed E-state index contributed by atoms with van der Waals surface area (Å²) < 4.78 is 10.7. The van der Waals surface area contributed by atoms with Crippen molar-refractivity contribution in [2.75, 3.05) is 12.4 Å². The highest BCUT2D eigenvalue weighted by Crippen LogP contribution is 2.35. The molecule has 0 aliphatic carbocycles. The highest BCUT2D eigenvalue weighted by atomic mass is 32.1. The van der Waals surface area contributed by atoms with E-state index in [1.165, 1.54) is 0 Å². The fourth-order valence-electron chi connectivity index (χ4n) is 3.13. The summed E-state index contributed by atoms with van der Waals surface area (Å²) in [6, 6.07) is 12.9. The van der Waals surface area contributed by atoms with Crippen molar-refractivity contribution < 1.29 is 9.15 Å². The van der Waals surface area contributed by atoms with Gasteiger partial charge in [0.05, 0.1) is 24.4 Å². The van der Waals surface area contributed by atoms with Gasteiger partial charge in [0.25, 0.3) is 0 Å². The summed E-state index contributed by atoms with van der Waals surface area (Å²) in [7, 11) is 1.62. The van der Waals surface area contributed by atoms with Crippen molar-refractivity contribution in [3.8, 4) is 5.75 Å². The predicted molar refractivity (Wildman–Crippen MR) is 101 cm³/mol. The number of hydrogen-bond donors (Lipinski definition) is 2. The van der Waals surface area contributed by atoms with Crippen molar-refractivity contribution in [1.82, 2.24) is 5.32 Å². The molecule has 1 unspecified atom stereocenters. The SMILES string of the molecule is COc1ccc(C2NC(=S)Nc3c2c(=O)oc2ccc(C)cc32)cc1. The number of benzene rings is 2. The highest BCUT2D eigenvalue weighted by Gasteiger charge is 2.29. The van der Waals surface area contributed by atoms with Gasteiger partial charge < -0.3 is 19.8 Å². The van der Waals surface area contributed by atoms with Crippen molar-refractivity contribution in [3.05, 3.63) is 69.6 Å². The van der Waals surface area contributed by atoms with E-state index in [4.69, 9.17) is 21.4 Å². The third kappa shape index (κ3) is 2.64. The lowest BCUT2D eigenvalue weighted by molar-refractivity contribution is 0.414. The van der Waals surface area contributed by atoms with Gasteiger partial charge in [0.15, 0.2) is 5.11 Å². The average Bonchev–Trinajstić information content (AvgIpc) is 2.62. The summed E-state index contributed by atoms with van der Waals surface area (Å²) >= 11 is 5.37. The van der Waals surface area contributed by atoms with Gasteiger partial charge in [-0.1, -0.05) is 23.8 Å². The molecule has 4 rings (SSSR count). The summed E-state index contributed by atoms with van der Waals surface area (Å²) in [6.45, 7) is 2.00. The maximum atomic E-state index is 12.7. The number of ether oxygens (including phenoxy) is 1. The lowest BCUT2D eigenvalue weighted by Crippen LogP contribution is -2.41. The Balaban J connectivity index is 1.96. The number of rotatable bonds is 2. The quantitative estimate of drug-likeness (QED) is 0.544. The van der Waals surface area contributed by atoms with Crippen LogP contribution in [0, 0.1) is 6.92 Å². The van der Waals surface area contributed by atoms with E-state index < -0.39 is 0 Å². The van der Waals surface area contributed by atoms with E-state index in [1.807, 2.05) is 49.4 Å². The van der Waals surface area contributed by atoms with Crippen LogP contribution in [0.4, 0.5) is 5.69 Å². The second-order valence-electron chi connectivity index (χ2n) is 5.98. The second-order valence-corrected chi connectivity index (χ2v) is 6.39. The summed E-state index contributed by atoms with van der Waals surface area (Å²) in [5.74, 6) is 0.752. The highest BCUT2D eigenvalue weighted by molar-refractivity contribution is 7.80. The number of hydrogen-bond acceptors (Lipinski definition) is 4. The van der Waals surface area contributed by atoms with Crippen LogP contribution in [0.15, 0.2) is 51.7 Å². The molecule has 0 fully saturated rings. The van der Waals surface area contributed by atoms with Crippen LogP contribution in [0.2, 0.25) is 0 Å². The van der Waals surface area contributed by atoms with Gasteiger partial charge in [-0.15, -0.1) is 0 Å². The minimum Gasteiger partial charge on any atom is -0.497 e. The third-order valence-corrected chi connectivity index (χ3v) is 4.57. The smallest absolute Gasteiger partial charge is 0.344 e. The summed E-state index contributed by atoms with van der Waals surface area (Å²) in [5.41, 5.74) is 3.38. The van der Waals surface area contributed by atoms with Crippen LogP contribution in [0.25, 0.3) is 11.0 Å². The molecule has 1 aliphatic rings. The van der Waals surface area contributed by atoms with E-state index in [0.29, 0.717) is 21.9 Å². The minimum absolute atomic E-state index is 0.379. The van der Waals surface area contributed by atoms with Crippen LogP contribution in [-0.4, -0.2) is 12.2 Å². The van der Waals surface area contributed by atoms with E-state index in [2.05, 4.69) is 10.6 Å². The maximum Gasteiger partial charge on any atom is 0.344 e. The Morgan fingerprint density at radius 3 is 2.64 bits per heavy atom. The van der Waals surface area contributed by atoms with Gasteiger partial charge in [-0.3, -0.25) is 0 Å². The molecule has 0 saturated heterocycles. The number of thiocarbonyl (C=S) groups is 1. The Bertz CT molecular complexity index is 1040. The zero-order valence-electron chi connectivity index (χ0n) is 13.8. The summed E-state index contributed by atoms with van der Waals surface area (Å²) in [5, 5.41) is 7.61. The van der Waals surface area contributed by atoms with Crippen LogP contribution < -0.4 is 21.0 Å². The minimum atomic E-state index is -0.380. The Hall–Kier alpha value is -2.86. The molecule has 5 nitrogen and oxygen atoms in total. The van der Waals surface area contributed by atoms with Crippen LogP contribution >= 0.6 is 12.2 Å². The molecule has 25 heavy (non-hydrogen) atoms. The van der Waals surface area contributed by atoms with E-state index in [0.717, 1.165) is 22.3 Å². The van der Waals surface area contributed by atoms with Crippen LogP contribution in [0.1, 0.15) is 22.7 Å². The molecule has 3 aromatic rings. The largest absolute Gasteiger partial charge is 0.497 e. The number of methoxy groups -OCH3 is 1. The molecular formula is C19H16N2O3S. The summed E-state index contributed by atoms with van der Waals surface area (Å²) in [4.78, 5) is 12.7. The predicted octanol–water partition coefficient (Wildman–Crippen LogP) is 3.50. The fraction of sp³-hybridized carbons (Fsp3) is 0.158. The van der Waals surface area contributed by atoms with Crippen molar-refractivity contribution >= 4 is 34.0 Å². The molecule has 1 aliphatic heterocycles. The molecule has 0 bridgehead atoms. The Morgan fingerprint density at radius 1 is 1.16 bits per heavy atom. The first-order valence-electron chi connectivity index (χ1n) is 7.85. The van der Waals surface area contributed by atoms with Crippen molar-refractivity contribution in [2.45, 2.75) is 13.0 Å². The number of nitrogens with one attached hydrogen (secondary N) is 2. The fourth-order valence-corrected chi connectivity index (χ4v) is 3.35. The van der Waals surface area contributed by atoms with E-state index in [-0.39, 0.29) is 11.7 Å². The van der Waals surface area contributed by atoms with E-state index in [9.17, 15) is 4.79 Å². The van der Waals surface area contributed by atoms with Gasteiger partial charge in [-0.05, 0) is 49.0 Å². The molecule has 0 spiro atoms. The van der Waals surface area contributed by atoms with Gasteiger partial charge in [0.2, 0.25) is 0 Å². The topological polar surface area (TPSA) is 63.5 Å². The molecule has 1 atom stereocenters. The second kappa shape index (κ2) is 5.89. The number of anilines is 1. The Kier molecular flexibility index (Phi) is 3.69. The maximum absolute atomic E-state index is 12.7. The van der Waals surface area contributed by atoms with Crippen molar-refractivity contribution in [2.24, 2.45) is 0 Å². The zero-order valence-corrected chi connectivity index (χ0v) is 14.6. The average molecular weight is 352 g/mol.